The molecule has 1 aliphatic rings. The second-order valence-electron chi connectivity index (χ2n) is 5.87. The molecule has 0 bridgehead atoms. The fourth-order valence-electron chi connectivity index (χ4n) is 2.41. The smallest absolute Gasteiger partial charge is 0.323 e. The topological polar surface area (TPSA) is 58.6 Å². The average molecular weight is 309 g/mol. The molecule has 5 heteroatoms. The number of methoxy groups -OCH3 is 1. The van der Waals surface area contributed by atoms with Crippen molar-refractivity contribution < 1.29 is 14.6 Å². The number of carboxylic acids is 1. The molecule has 0 spiro atoms. The number of thioether (sulfide) groups is 1. The van der Waals surface area contributed by atoms with Gasteiger partial charge in [0.1, 0.15) is 11.3 Å². The Morgan fingerprint density at radius 1 is 1.57 bits per heavy atom. The van der Waals surface area contributed by atoms with Crippen LogP contribution in [0.15, 0.2) is 29.2 Å². The van der Waals surface area contributed by atoms with Gasteiger partial charge >= 0.3 is 5.97 Å². The summed E-state index contributed by atoms with van der Waals surface area (Å²) in [4.78, 5) is 12.7. The molecular formula is C16H23NO3S. The first-order chi connectivity index (χ1) is 9.93. The number of hydrogen-bond donors (Lipinski definition) is 2. The summed E-state index contributed by atoms with van der Waals surface area (Å²) in [6.45, 7) is 3.86. The van der Waals surface area contributed by atoms with Gasteiger partial charge in [0.25, 0.3) is 0 Å². The Kier molecular flexibility index (Phi) is 5.17. The van der Waals surface area contributed by atoms with Crippen LogP contribution in [0.2, 0.25) is 0 Å². The maximum Gasteiger partial charge on any atom is 0.323 e. The Balaban J connectivity index is 1.97. The monoisotopic (exact) mass is 309 g/mol. The summed E-state index contributed by atoms with van der Waals surface area (Å²) in [5, 5.41) is 13.0. The molecule has 2 unspecified atom stereocenters. The molecule has 0 aromatic heterocycles. The zero-order chi connectivity index (χ0) is 15.5. The number of ether oxygens (including phenoxy) is 1. The molecule has 4 nitrogen and oxygen atoms in total. The summed E-state index contributed by atoms with van der Waals surface area (Å²) in [6, 6.07) is 8.24. The Morgan fingerprint density at radius 2 is 2.29 bits per heavy atom. The largest absolute Gasteiger partial charge is 0.497 e. The van der Waals surface area contributed by atoms with Crippen molar-refractivity contribution in [3.63, 3.8) is 0 Å². The van der Waals surface area contributed by atoms with Crippen LogP contribution in [0.5, 0.6) is 5.75 Å². The van der Waals surface area contributed by atoms with Crippen LogP contribution in [0, 0.1) is 0 Å². The van der Waals surface area contributed by atoms with Gasteiger partial charge in [-0.15, -0.1) is 11.8 Å². The maximum atomic E-state index is 11.6. The van der Waals surface area contributed by atoms with Gasteiger partial charge in [-0.1, -0.05) is 13.0 Å². The van der Waals surface area contributed by atoms with Gasteiger partial charge < -0.3 is 9.84 Å². The van der Waals surface area contributed by atoms with E-state index in [0.717, 1.165) is 23.5 Å². The third-order valence-corrected chi connectivity index (χ3v) is 4.74. The van der Waals surface area contributed by atoms with E-state index in [-0.39, 0.29) is 5.25 Å². The zero-order valence-electron chi connectivity index (χ0n) is 12.8. The molecule has 1 aliphatic carbocycles. The van der Waals surface area contributed by atoms with Crippen molar-refractivity contribution in [3.8, 4) is 5.75 Å². The summed E-state index contributed by atoms with van der Waals surface area (Å²) in [5.74, 6) is 0.0526. The first-order valence-electron chi connectivity index (χ1n) is 7.25. The van der Waals surface area contributed by atoms with E-state index >= 15 is 0 Å². The van der Waals surface area contributed by atoms with Gasteiger partial charge in [0.2, 0.25) is 0 Å². The van der Waals surface area contributed by atoms with E-state index in [4.69, 9.17) is 4.74 Å². The number of benzene rings is 1. The van der Waals surface area contributed by atoms with E-state index in [1.807, 2.05) is 24.3 Å². The van der Waals surface area contributed by atoms with Crippen molar-refractivity contribution in [2.45, 2.75) is 54.8 Å². The van der Waals surface area contributed by atoms with Crippen LogP contribution >= 0.6 is 11.8 Å². The van der Waals surface area contributed by atoms with Crippen LogP contribution in [0.3, 0.4) is 0 Å². The van der Waals surface area contributed by atoms with Gasteiger partial charge in [-0.2, -0.15) is 0 Å². The van der Waals surface area contributed by atoms with Crippen LogP contribution in [0.4, 0.5) is 0 Å². The minimum Gasteiger partial charge on any atom is -0.497 e. The molecule has 1 aromatic carbocycles. The molecule has 2 N–H and O–H groups in total. The van der Waals surface area contributed by atoms with Crippen LogP contribution < -0.4 is 10.1 Å². The predicted molar refractivity (Wildman–Crippen MR) is 85.1 cm³/mol. The number of aliphatic carboxylic acids is 1. The number of rotatable bonds is 8. The number of hydrogen-bond acceptors (Lipinski definition) is 4. The van der Waals surface area contributed by atoms with Crippen molar-refractivity contribution >= 4 is 17.7 Å². The van der Waals surface area contributed by atoms with Gasteiger partial charge in [0.05, 0.1) is 7.11 Å². The lowest BCUT2D eigenvalue weighted by Crippen LogP contribution is -2.51. The van der Waals surface area contributed by atoms with Crippen LogP contribution in [0.25, 0.3) is 0 Å². The minimum atomic E-state index is -0.855. The second-order valence-corrected chi connectivity index (χ2v) is 7.38. The van der Waals surface area contributed by atoms with E-state index in [0.29, 0.717) is 12.5 Å². The molecule has 0 radical (unpaired) electrons. The Hall–Kier alpha value is -1.20. The third kappa shape index (κ3) is 4.64. The van der Waals surface area contributed by atoms with Crippen molar-refractivity contribution in [2.75, 3.05) is 7.11 Å². The van der Waals surface area contributed by atoms with Crippen LogP contribution in [0.1, 0.15) is 33.1 Å². The highest BCUT2D eigenvalue weighted by atomic mass is 32.2. The summed E-state index contributed by atoms with van der Waals surface area (Å²) in [7, 11) is 1.65. The number of carboxylic acid groups (broad SMARTS) is 1. The van der Waals surface area contributed by atoms with Gasteiger partial charge in [0, 0.05) is 16.2 Å². The first kappa shape index (κ1) is 16.2. The van der Waals surface area contributed by atoms with Gasteiger partial charge in [0.15, 0.2) is 0 Å². The lowest BCUT2D eigenvalue weighted by atomic mass is 9.96. The van der Waals surface area contributed by atoms with Gasteiger partial charge in [-0.25, -0.2) is 0 Å². The van der Waals surface area contributed by atoms with Crippen LogP contribution in [-0.4, -0.2) is 35.0 Å². The summed E-state index contributed by atoms with van der Waals surface area (Å²) >= 11 is 1.68. The molecule has 1 aromatic rings. The van der Waals surface area contributed by atoms with Crippen molar-refractivity contribution in [1.82, 2.24) is 5.32 Å². The highest BCUT2D eigenvalue weighted by Gasteiger charge is 2.39. The highest BCUT2D eigenvalue weighted by Crippen LogP contribution is 2.32. The van der Waals surface area contributed by atoms with E-state index in [1.54, 1.807) is 25.8 Å². The quantitative estimate of drug-likeness (QED) is 0.722. The molecule has 21 heavy (non-hydrogen) atoms. The maximum absolute atomic E-state index is 11.6. The van der Waals surface area contributed by atoms with Gasteiger partial charge in [-0.05, 0) is 44.4 Å². The third-order valence-electron chi connectivity index (χ3n) is 3.65. The van der Waals surface area contributed by atoms with Crippen molar-refractivity contribution in [2.24, 2.45) is 0 Å². The molecular weight excluding hydrogens is 286 g/mol. The Morgan fingerprint density at radius 3 is 2.86 bits per heavy atom. The fraction of sp³-hybridized carbons (Fsp3) is 0.562. The van der Waals surface area contributed by atoms with E-state index in [9.17, 15) is 9.90 Å². The lowest BCUT2D eigenvalue weighted by molar-refractivity contribution is -0.144. The Bertz CT molecular complexity index is 504. The van der Waals surface area contributed by atoms with E-state index < -0.39 is 11.5 Å². The molecule has 116 valence electrons. The predicted octanol–water partition coefficient (Wildman–Crippen LogP) is 3.16. The molecule has 1 saturated carbocycles. The fourth-order valence-corrected chi connectivity index (χ4v) is 3.63. The SMILES string of the molecule is COc1cccc(SC(C)CC(C)(NC2CC2)C(=O)O)c1. The number of nitrogens with one attached hydrogen (secondary N) is 1. The van der Waals surface area contributed by atoms with E-state index in [2.05, 4.69) is 12.2 Å². The minimum absolute atomic E-state index is 0.199. The highest BCUT2D eigenvalue weighted by molar-refractivity contribution is 8.00. The second kappa shape index (κ2) is 6.71. The summed E-state index contributed by atoms with van der Waals surface area (Å²) in [6.07, 6.45) is 2.75. The standard InChI is InChI=1S/C16H23NO3S/c1-11(21-14-6-4-5-13(9-14)20-3)10-16(2,15(18)19)17-12-7-8-12/h4-6,9,11-12,17H,7-8,10H2,1-3H3,(H,18,19). The first-order valence-corrected chi connectivity index (χ1v) is 8.13. The molecule has 0 aliphatic heterocycles. The molecule has 0 saturated heterocycles. The summed E-state index contributed by atoms with van der Waals surface area (Å²) in [5.41, 5.74) is -0.855. The van der Waals surface area contributed by atoms with E-state index in [1.165, 1.54) is 0 Å². The molecule has 0 amide bonds. The molecule has 1 fully saturated rings. The molecule has 2 rings (SSSR count). The van der Waals surface area contributed by atoms with Crippen molar-refractivity contribution in [3.05, 3.63) is 24.3 Å². The zero-order valence-corrected chi connectivity index (χ0v) is 13.6. The average Bonchev–Trinajstić information content (AvgIpc) is 3.22. The molecule has 2 atom stereocenters. The molecule has 0 heterocycles. The Labute approximate surface area is 130 Å². The number of carbonyl (C=O) groups is 1. The lowest BCUT2D eigenvalue weighted by Gasteiger charge is -2.29. The van der Waals surface area contributed by atoms with Crippen molar-refractivity contribution in [1.29, 1.82) is 0 Å². The van der Waals surface area contributed by atoms with Gasteiger partial charge in [-0.3, -0.25) is 10.1 Å². The normalized spacial score (nSPS) is 18.8. The van der Waals surface area contributed by atoms with Crippen LogP contribution in [-0.2, 0) is 4.79 Å². The summed E-state index contributed by atoms with van der Waals surface area (Å²) < 4.78 is 5.22.